The van der Waals surface area contributed by atoms with Gasteiger partial charge in [-0.05, 0) is 30.6 Å². The molecule has 1 saturated carbocycles. The van der Waals surface area contributed by atoms with E-state index in [1.54, 1.807) is 0 Å². The van der Waals surface area contributed by atoms with E-state index in [1.807, 2.05) is 0 Å². The van der Waals surface area contributed by atoms with Gasteiger partial charge in [-0.1, -0.05) is 40.5 Å². The Kier molecular flexibility index (Phi) is 3.06. The van der Waals surface area contributed by atoms with Gasteiger partial charge in [-0.15, -0.1) is 0 Å². The molecule has 1 aliphatic rings. The summed E-state index contributed by atoms with van der Waals surface area (Å²) in [6.45, 7) is 9.25. The van der Waals surface area contributed by atoms with Crippen LogP contribution in [0.1, 0.15) is 59.8 Å². The van der Waals surface area contributed by atoms with Crippen molar-refractivity contribution in [2.24, 2.45) is 17.1 Å². The van der Waals surface area contributed by atoms with Crippen LogP contribution in [0.5, 0.6) is 0 Å². The van der Waals surface area contributed by atoms with Crippen molar-refractivity contribution in [3.8, 4) is 0 Å². The van der Waals surface area contributed by atoms with E-state index in [0.717, 1.165) is 5.92 Å². The van der Waals surface area contributed by atoms with E-state index in [4.69, 9.17) is 5.73 Å². The minimum absolute atomic E-state index is 0.114. The standard InChI is InChI=1S/C12H25N/c1-5-10(2)9-12(13)8-6-7-11(12,3)4/h10H,5-9,13H2,1-4H3. The summed E-state index contributed by atoms with van der Waals surface area (Å²) in [5.74, 6) is 0.780. The van der Waals surface area contributed by atoms with Crippen LogP contribution in [0.3, 0.4) is 0 Å². The summed E-state index contributed by atoms with van der Waals surface area (Å²) in [4.78, 5) is 0. The molecule has 1 heteroatoms. The monoisotopic (exact) mass is 183 g/mol. The van der Waals surface area contributed by atoms with Gasteiger partial charge in [0.25, 0.3) is 0 Å². The smallest absolute Gasteiger partial charge is 0.0208 e. The van der Waals surface area contributed by atoms with Crippen molar-refractivity contribution < 1.29 is 0 Å². The molecule has 0 aromatic heterocycles. The zero-order chi connectivity index (χ0) is 10.1. The molecule has 2 atom stereocenters. The van der Waals surface area contributed by atoms with Gasteiger partial charge in [0.2, 0.25) is 0 Å². The van der Waals surface area contributed by atoms with Gasteiger partial charge in [0.15, 0.2) is 0 Å². The van der Waals surface area contributed by atoms with E-state index in [-0.39, 0.29) is 5.54 Å². The fraction of sp³-hybridized carbons (Fsp3) is 1.00. The number of rotatable bonds is 3. The lowest BCUT2D eigenvalue weighted by Gasteiger charge is -2.40. The van der Waals surface area contributed by atoms with Gasteiger partial charge in [-0.2, -0.15) is 0 Å². The van der Waals surface area contributed by atoms with Crippen LogP contribution >= 0.6 is 0 Å². The summed E-state index contributed by atoms with van der Waals surface area (Å²) < 4.78 is 0. The summed E-state index contributed by atoms with van der Waals surface area (Å²) >= 11 is 0. The molecule has 78 valence electrons. The quantitative estimate of drug-likeness (QED) is 0.713. The van der Waals surface area contributed by atoms with E-state index in [9.17, 15) is 0 Å². The van der Waals surface area contributed by atoms with E-state index in [2.05, 4.69) is 27.7 Å². The molecule has 1 nitrogen and oxygen atoms in total. The normalized spacial score (nSPS) is 34.8. The van der Waals surface area contributed by atoms with Crippen LogP contribution in [0.2, 0.25) is 0 Å². The Labute approximate surface area is 83.1 Å². The Morgan fingerprint density at radius 1 is 1.31 bits per heavy atom. The molecule has 0 bridgehead atoms. The number of hydrogen-bond acceptors (Lipinski definition) is 1. The predicted molar refractivity (Wildman–Crippen MR) is 58.6 cm³/mol. The Morgan fingerprint density at radius 3 is 2.31 bits per heavy atom. The molecule has 2 unspecified atom stereocenters. The highest BCUT2D eigenvalue weighted by Gasteiger charge is 2.45. The molecule has 0 spiro atoms. The van der Waals surface area contributed by atoms with E-state index in [0.29, 0.717) is 5.41 Å². The molecule has 1 aliphatic carbocycles. The Morgan fingerprint density at radius 2 is 1.92 bits per heavy atom. The molecule has 0 aromatic carbocycles. The van der Waals surface area contributed by atoms with E-state index in [1.165, 1.54) is 32.1 Å². The van der Waals surface area contributed by atoms with Gasteiger partial charge in [0.1, 0.15) is 0 Å². The third-order valence-electron chi connectivity index (χ3n) is 4.18. The van der Waals surface area contributed by atoms with Crippen LogP contribution in [0.4, 0.5) is 0 Å². The van der Waals surface area contributed by atoms with Crippen LogP contribution in [-0.4, -0.2) is 5.54 Å². The van der Waals surface area contributed by atoms with Crippen LogP contribution in [0.15, 0.2) is 0 Å². The maximum atomic E-state index is 6.51. The van der Waals surface area contributed by atoms with Gasteiger partial charge in [-0.3, -0.25) is 0 Å². The summed E-state index contributed by atoms with van der Waals surface area (Å²) in [6.07, 6.45) is 6.32. The fourth-order valence-electron chi connectivity index (χ4n) is 2.58. The Hall–Kier alpha value is -0.0400. The minimum atomic E-state index is 0.114. The first-order chi connectivity index (χ1) is 5.91. The average molecular weight is 183 g/mol. The second-order valence-electron chi connectivity index (χ2n) is 5.61. The van der Waals surface area contributed by atoms with Crippen LogP contribution in [0, 0.1) is 11.3 Å². The molecule has 2 N–H and O–H groups in total. The molecule has 0 radical (unpaired) electrons. The lowest BCUT2D eigenvalue weighted by molar-refractivity contribution is 0.170. The SMILES string of the molecule is CCC(C)CC1(N)CCCC1(C)C. The molecule has 1 fully saturated rings. The first-order valence-corrected chi connectivity index (χ1v) is 5.70. The molecular formula is C12H25N. The van der Waals surface area contributed by atoms with Gasteiger partial charge in [0.05, 0.1) is 0 Å². The fourth-order valence-corrected chi connectivity index (χ4v) is 2.58. The highest BCUT2D eigenvalue weighted by molar-refractivity contribution is 5.02. The van der Waals surface area contributed by atoms with Gasteiger partial charge in [0, 0.05) is 5.54 Å². The molecular weight excluding hydrogens is 158 g/mol. The number of nitrogens with two attached hydrogens (primary N) is 1. The zero-order valence-corrected chi connectivity index (χ0v) is 9.69. The van der Waals surface area contributed by atoms with Crippen molar-refractivity contribution in [3.63, 3.8) is 0 Å². The third-order valence-corrected chi connectivity index (χ3v) is 4.18. The predicted octanol–water partition coefficient (Wildman–Crippen LogP) is 3.33. The van der Waals surface area contributed by atoms with Gasteiger partial charge >= 0.3 is 0 Å². The summed E-state index contributed by atoms with van der Waals surface area (Å²) in [6, 6.07) is 0. The van der Waals surface area contributed by atoms with Crippen molar-refractivity contribution in [2.75, 3.05) is 0 Å². The maximum Gasteiger partial charge on any atom is 0.0208 e. The second kappa shape index (κ2) is 3.61. The Bertz CT molecular complexity index is 174. The van der Waals surface area contributed by atoms with Crippen LogP contribution < -0.4 is 5.73 Å². The third kappa shape index (κ3) is 2.07. The summed E-state index contributed by atoms with van der Waals surface area (Å²) in [7, 11) is 0. The van der Waals surface area contributed by atoms with Crippen molar-refractivity contribution in [1.29, 1.82) is 0 Å². The largest absolute Gasteiger partial charge is 0.325 e. The highest BCUT2D eigenvalue weighted by atomic mass is 14.8. The van der Waals surface area contributed by atoms with E-state index >= 15 is 0 Å². The van der Waals surface area contributed by atoms with Crippen molar-refractivity contribution in [3.05, 3.63) is 0 Å². The average Bonchev–Trinajstić information content (AvgIpc) is 2.26. The van der Waals surface area contributed by atoms with Crippen LogP contribution in [-0.2, 0) is 0 Å². The molecule has 0 heterocycles. The first-order valence-electron chi connectivity index (χ1n) is 5.70. The topological polar surface area (TPSA) is 26.0 Å². The first kappa shape index (κ1) is 11.0. The highest BCUT2D eigenvalue weighted by Crippen LogP contribution is 2.47. The molecule has 13 heavy (non-hydrogen) atoms. The molecule has 0 aliphatic heterocycles. The molecule has 0 amide bonds. The molecule has 0 aromatic rings. The Balaban J connectivity index is 2.64. The lowest BCUT2D eigenvalue weighted by atomic mass is 9.71. The van der Waals surface area contributed by atoms with Crippen molar-refractivity contribution in [1.82, 2.24) is 0 Å². The van der Waals surface area contributed by atoms with Gasteiger partial charge in [-0.25, -0.2) is 0 Å². The zero-order valence-electron chi connectivity index (χ0n) is 9.69. The van der Waals surface area contributed by atoms with Gasteiger partial charge < -0.3 is 5.73 Å². The molecule has 1 rings (SSSR count). The van der Waals surface area contributed by atoms with Crippen LogP contribution in [0.25, 0.3) is 0 Å². The minimum Gasteiger partial charge on any atom is -0.325 e. The second-order valence-corrected chi connectivity index (χ2v) is 5.61. The maximum absolute atomic E-state index is 6.51. The van der Waals surface area contributed by atoms with E-state index < -0.39 is 0 Å². The summed E-state index contributed by atoms with van der Waals surface area (Å²) in [5.41, 5.74) is 6.98. The lowest BCUT2D eigenvalue weighted by Crippen LogP contribution is -2.49. The number of hydrogen-bond donors (Lipinski definition) is 1. The summed E-state index contributed by atoms with van der Waals surface area (Å²) in [5, 5.41) is 0. The molecule has 0 saturated heterocycles. The van der Waals surface area contributed by atoms with Crippen molar-refractivity contribution in [2.45, 2.75) is 65.3 Å². The van der Waals surface area contributed by atoms with Crippen molar-refractivity contribution >= 4 is 0 Å².